The molecular formula is C25H29N5O3S2. The van der Waals surface area contributed by atoms with Gasteiger partial charge in [-0.25, -0.2) is 4.79 Å². The van der Waals surface area contributed by atoms with Crippen molar-refractivity contribution in [2.24, 2.45) is 0 Å². The van der Waals surface area contributed by atoms with Crippen molar-refractivity contribution in [1.82, 2.24) is 14.8 Å². The monoisotopic (exact) mass is 511 g/mol. The SMILES string of the molecule is C=CCn1c(SCC(=O)Nc2sc3c(c2C(=O)OC)CCCC3)nnc1-c1ccc(N(C)C)cc1. The zero-order chi connectivity index (χ0) is 24.9. The summed E-state index contributed by atoms with van der Waals surface area (Å²) in [5.41, 5.74) is 3.56. The zero-order valence-electron chi connectivity index (χ0n) is 20.2. The first-order valence-corrected chi connectivity index (χ1v) is 13.2. The second kappa shape index (κ2) is 11.1. The average molecular weight is 512 g/mol. The number of nitrogens with one attached hydrogen (secondary N) is 1. The van der Waals surface area contributed by atoms with E-state index in [-0.39, 0.29) is 11.7 Å². The third kappa shape index (κ3) is 5.43. The number of methoxy groups -OCH3 is 1. The number of carbonyl (C=O) groups excluding carboxylic acids is 2. The maximum Gasteiger partial charge on any atom is 0.341 e. The van der Waals surface area contributed by atoms with Crippen molar-refractivity contribution in [3.63, 3.8) is 0 Å². The minimum Gasteiger partial charge on any atom is -0.465 e. The van der Waals surface area contributed by atoms with E-state index in [1.54, 1.807) is 6.08 Å². The highest BCUT2D eigenvalue weighted by molar-refractivity contribution is 7.99. The number of fused-ring (bicyclic) bond motifs is 1. The molecule has 10 heteroatoms. The summed E-state index contributed by atoms with van der Waals surface area (Å²) in [7, 11) is 5.36. The van der Waals surface area contributed by atoms with Gasteiger partial charge in [0.1, 0.15) is 5.00 Å². The van der Waals surface area contributed by atoms with Gasteiger partial charge in [0.15, 0.2) is 11.0 Å². The summed E-state index contributed by atoms with van der Waals surface area (Å²) in [6, 6.07) is 8.07. The van der Waals surface area contributed by atoms with Gasteiger partial charge in [0.25, 0.3) is 0 Å². The third-order valence-electron chi connectivity index (χ3n) is 5.82. The highest BCUT2D eigenvalue weighted by Gasteiger charge is 2.27. The van der Waals surface area contributed by atoms with Gasteiger partial charge in [0, 0.05) is 36.8 Å². The molecule has 1 aliphatic carbocycles. The first kappa shape index (κ1) is 25.0. The topological polar surface area (TPSA) is 89.3 Å². The minimum absolute atomic E-state index is 0.137. The Morgan fingerprint density at radius 2 is 1.97 bits per heavy atom. The molecule has 1 amide bonds. The highest BCUT2D eigenvalue weighted by atomic mass is 32.2. The van der Waals surface area contributed by atoms with Crippen molar-refractivity contribution in [2.45, 2.75) is 37.4 Å². The van der Waals surface area contributed by atoms with Gasteiger partial charge >= 0.3 is 5.97 Å². The number of thioether (sulfide) groups is 1. The van der Waals surface area contributed by atoms with Crippen LogP contribution in [0, 0.1) is 0 Å². The summed E-state index contributed by atoms with van der Waals surface area (Å²) in [5, 5.41) is 12.8. The number of aromatic nitrogens is 3. The molecule has 2 aromatic heterocycles. The van der Waals surface area contributed by atoms with Gasteiger partial charge in [-0.3, -0.25) is 9.36 Å². The fraction of sp³-hybridized carbons (Fsp3) is 0.360. The molecule has 0 saturated heterocycles. The van der Waals surface area contributed by atoms with Crippen molar-refractivity contribution in [1.29, 1.82) is 0 Å². The summed E-state index contributed by atoms with van der Waals surface area (Å²) in [6.07, 6.45) is 5.68. The van der Waals surface area contributed by atoms with Crippen molar-refractivity contribution in [2.75, 3.05) is 37.2 Å². The summed E-state index contributed by atoms with van der Waals surface area (Å²) in [4.78, 5) is 28.5. The number of hydrogen-bond donors (Lipinski definition) is 1. The number of aryl methyl sites for hydroxylation is 1. The van der Waals surface area contributed by atoms with E-state index >= 15 is 0 Å². The summed E-state index contributed by atoms with van der Waals surface area (Å²) in [6.45, 7) is 4.37. The molecule has 0 spiro atoms. The van der Waals surface area contributed by atoms with Crippen LogP contribution in [0.15, 0.2) is 42.1 Å². The van der Waals surface area contributed by atoms with Crippen LogP contribution in [0.4, 0.5) is 10.7 Å². The van der Waals surface area contributed by atoms with E-state index in [0.29, 0.717) is 22.3 Å². The standard InChI is InChI=1S/C25H29N5O3S2/c1-5-14-30-22(16-10-12-17(13-11-16)29(2)3)27-28-25(30)34-15-20(31)26-23-21(24(32)33-4)18-8-6-7-9-19(18)35-23/h5,10-13H,1,6-9,14-15H2,2-4H3,(H,26,31). The number of amides is 1. The van der Waals surface area contributed by atoms with Gasteiger partial charge in [0.2, 0.25) is 5.91 Å². The van der Waals surface area contributed by atoms with Crippen LogP contribution in [-0.2, 0) is 28.9 Å². The molecule has 0 aliphatic heterocycles. The molecular weight excluding hydrogens is 482 g/mol. The van der Waals surface area contributed by atoms with Gasteiger partial charge in [-0.2, -0.15) is 0 Å². The van der Waals surface area contributed by atoms with Crippen LogP contribution in [0.1, 0.15) is 33.6 Å². The molecule has 35 heavy (non-hydrogen) atoms. The van der Waals surface area contributed by atoms with Crippen LogP contribution in [0.5, 0.6) is 0 Å². The lowest BCUT2D eigenvalue weighted by atomic mass is 9.95. The fourth-order valence-electron chi connectivity index (χ4n) is 4.08. The van der Waals surface area contributed by atoms with Gasteiger partial charge < -0.3 is 15.0 Å². The molecule has 0 atom stereocenters. The summed E-state index contributed by atoms with van der Waals surface area (Å²) >= 11 is 2.78. The van der Waals surface area contributed by atoms with E-state index < -0.39 is 5.97 Å². The van der Waals surface area contributed by atoms with Crippen molar-refractivity contribution >= 4 is 45.7 Å². The Labute approximate surface area is 213 Å². The molecule has 0 unspecified atom stereocenters. The van der Waals surface area contributed by atoms with Crippen LogP contribution in [-0.4, -0.2) is 53.6 Å². The molecule has 0 radical (unpaired) electrons. The quantitative estimate of drug-likeness (QED) is 0.254. The Balaban J connectivity index is 1.49. The van der Waals surface area contributed by atoms with Crippen LogP contribution in [0.3, 0.4) is 0 Å². The molecule has 3 aromatic rings. The first-order valence-electron chi connectivity index (χ1n) is 11.4. The summed E-state index contributed by atoms with van der Waals surface area (Å²) < 4.78 is 6.94. The zero-order valence-corrected chi connectivity index (χ0v) is 21.8. The number of nitrogens with zero attached hydrogens (tertiary/aromatic N) is 4. The minimum atomic E-state index is -0.400. The number of ether oxygens (including phenoxy) is 1. The number of rotatable bonds is 9. The molecule has 4 rings (SSSR count). The fourth-order valence-corrected chi connectivity index (χ4v) is 6.12. The van der Waals surface area contributed by atoms with E-state index in [0.717, 1.165) is 53.2 Å². The molecule has 0 bridgehead atoms. The second-order valence-corrected chi connectivity index (χ2v) is 10.4. The Morgan fingerprint density at radius 3 is 2.66 bits per heavy atom. The largest absolute Gasteiger partial charge is 0.465 e. The lowest BCUT2D eigenvalue weighted by Crippen LogP contribution is -2.17. The van der Waals surface area contributed by atoms with Crippen molar-refractivity contribution < 1.29 is 14.3 Å². The Morgan fingerprint density at radius 1 is 1.23 bits per heavy atom. The molecule has 1 N–H and O–H groups in total. The van der Waals surface area contributed by atoms with Crippen LogP contribution in [0.25, 0.3) is 11.4 Å². The Kier molecular flexibility index (Phi) is 7.92. The van der Waals surface area contributed by atoms with Gasteiger partial charge in [-0.1, -0.05) is 17.8 Å². The smallest absolute Gasteiger partial charge is 0.341 e. The molecule has 1 aliphatic rings. The highest BCUT2D eigenvalue weighted by Crippen LogP contribution is 2.38. The lowest BCUT2D eigenvalue weighted by Gasteiger charge is -2.13. The van der Waals surface area contributed by atoms with Crippen molar-refractivity contribution in [3.05, 3.63) is 52.9 Å². The molecule has 0 fully saturated rings. The maximum absolute atomic E-state index is 12.8. The van der Waals surface area contributed by atoms with E-state index in [2.05, 4.69) is 22.1 Å². The summed E-state index contributed by atoms with van der Waals surface area (Å²) in [5.74, 6) is 0.252. The van der Waals surface area contributed by atoms with Gasteiger partial charge in [-0.15, -0.1) is 28.1 Å². The molecule has 1 aromatic carbocycles. The van der Waals surface area contributed by atoms with E-state index in [1.165, 1.54) is 30.2 Å². The normalized spacial score (nSPS) is 12.7. The van der Waals surface area contributed by atoms with Crippen molar-refractivity contribution in [3.8, 4) is 11.4 Å². The number of allylic oxidation sites excluding steroid dienone is 1. The predicted molar refractivity (Wildman–Crippen MR) is 142 cm³/mol. The molecule has 8 nitrogen and oxygen atoms in total. The number of anilines is 2. The second-order valence-electron chi connectivity index (χ2n) is 8.39. The number of carbonyl (C=O) groups is 2. The number of hydrogen-bond acceptors (Lipinski definition) is 8. The number of esters is 1. The van der Waals surface area contributed by atoms with E-state index in [4.69, 9.17) is 4.74 Å². The molecule has 0 saturated carbocycles. The number of benzene rings is 1. The van der Waals surface area contributed by atoms with Crippen LogP contribution < -0.4 is 10.2 Å². The number of thiophene rings is 1. The average Bonchev–Trinajstić information content (AvgIpc) is 3.43. The maximum atomic E-state index is 12.8. The Bertz CT molecular complexity index is 1230. The third-order valence-corrected chi connectivity index (χ3v) is 7.99. The van der Waals surface area contributed by atoms with Gasteiger partial charge in [0.05, 0.1) is 18.4 Å². The lowest BCUT2D eigenvalue weighted by molar-refractivity contribution is -0.113. The Hall–Kier alpha value is -3.11. The van der Waals surface area contributed by atoms with E-state index in [9.17, 15) is 9.59 Å². The van der Waals surface area contributed by atoms with Gasteiger partial charge in [-0.05, 0) is 55.5 Å². The molecule has 2 heterocycles. The van der Waals surface area contributed by atoms with Crippen LogP contribution in [0.2, 0.25) is 0 Å². The first-order chi connectivity index (χ1) is 16.9. The molecule has 184 valence electrons. The predicted octanol–water partition coefficient (Wildman–Crippen LogP) is 4.65. The van der Waals surface area contributed by atoms with E-state index in [1.807, 2.05) is 47.8 Å². The van der Waals surface area contributed by atoms with Crippen LogP contribution >= 0.6 is 23.1 Å².